The highest BCUT2D eigenvalue weighted by atomic mass is 16.8. The number of hydrogen-bond donors (Lipinski definition) is 3. The van der Waals surface area contributed by atoms with Gasteiger partial charge in [0.15, 0.2) is 0 Å². The second kappa shape index (κ2) is 11.8. The zero-order valence-electron chi connectivity index (χ0n) is 21.4. The quantitative estimate of drug-likeness (QED) is 0.199. The maximum atomic E-state index is 12.3. The number of carbonyl (C=O) groups excluding carboxylic acids is 3. The molecule has 1 fully saturated rings. The summed E-state index contributed by atoms with van der Waals surface area (Å²) in [5, 5.41) is 10.3. The van der Waals surface area contributed by atoms with E-state index in [2.05, 4.69) is 5.32 Å². The monoisotopic (exact) mass is 511 g/mol. The van der Waals surface area contributed by atoms with Crippen LogP contribution < -0.4 is 15.8 Å². The number of amides is 1. The Kier molecular flexibility index (Phi) is 8.75. The SMILES string of the molecule is CC(OC(=O)C[C@@H]1C[C@@H](COc2ccc(-c3ccc(C(=N)N)cc3)cc2)NC1=O)OC(=O)OC(C)(C)C. The summed E-state index contributed by atoms with van der Waals surface area (Å²) < 4.78 is 20.8. The minimum Gasteiger partial charge on any atom is -0.491 e. The predicted octanol–water partition coefficient (Wildman–Crippen LogP) is 3.75. The zero-order chi connectivity index (χ0) is 27.2. The Balaban J connectivity index is 1.43. The Labute approximate surface area is 215 Å². The van der Waals surface area contributed by atoms with E-state index in [1.54, 1.807) is 32.9 Å². The van der Waals surface area contributed by atoms with E-state index >= 15 is 0 Å². The van der Waals surface area contributed by atoms with Crippen LogP contribution in [0.5, 0.6) is 5.75 Å². The summed E-state index contributed by atoms with van der Waals surface area (Å²) in [6.45, 7) is 6.73. The van der Waals surface area contributed by atoms with Crippen molar-refractivity contribution in [1.29, 1.82) is 5.41 Å². The van der Waals surface area contributed by atoms with Gasteiger partial charge in [-0.05, 0) is 50.5 Å². The van der Waals surface area contributed by atoms with Gasteiger partial charge in [0.05, 0.1) is 18.4 Å². The van der Waals surface area contributed by atoms with E-state index in [0.29, 0.717) is 17.7 Å². The number of rotatable bonds is 9. The molecule has 0 radical (unpaired) electrons. The van der Waals surface area contributed by atoms with Crippen molar-refractivity contribution in [2.24, 2.45) is 11.7 Å². The highest BCUT2D eigenvalue weighted by Crippen LogP contribution is 2.25. The third-order valence-corrected chi connectivity index (χ3v) is 5.48. The molecule has 2 aromatic carbocycles. The van der Waals surface area contributed by atoms with Crippen molar-refractivity contribution in [2.45, 2.75) is 58.5 Å². The maximum absolute atomic E-state index is 12.3. The number of amidine groups is 1. The lowest BCUT2D eigenvalue weighted by Gasteiger charge is -2.21. The number of hydrogen-bond acceptors (Lipinski definition) is 8. The van der Waals surface area contributed by atoms with E-state index in [0.717, 1.165) is 11.1 Å². The van der Waals surface area contributed by atoms with Gasteiger partial charge in [-0.25, -0.2) is 4.79 Å². The number of benzene rings is 2. The predicted molar refractivity (Wildman–Crippen MR) is 136 cm³/mol. The first-order chi connectivity index (χ1) is 17.4. The summed E-state index contributed by atoms with van der Waals surface area (Å²) in [6, 6.07) is 14.7. The standard InChI is InChI=1S/C27H33N3O7/c1-16(36-26(33)37-27(2,3)4)35-23(31)14-20-13-21(30-25(20)32)15-34-22-11-9-18(10-12-22)17-5-7-19(8-6-17)24(28)29/h5-12,16,20-21H,13-15H2,1-4H3,(H3,28,29)(H,30,32)/t16?,20-,21-/m0/s1. The largest absolute Gasteiger partial charge is 0.511 e. The maximum Gasteiger partial charge on any atom is 0.511 e. The van der Waals surface area contributed by atoms with Gasteiger partial charge in [-0.1, -0.05) is 36.4 Å². The van der Waals surface area contributed by atoms with Crippen LogP contribution in [0.2, 0.25) is 0 Å². The van der Waals surface area contributed by atoms with Crippen LogP contribution in [0.25, 0.3) is 11.1 Å². The average Bonchev–Trinajstić information content (AvgIpc) is 3.15. The van der Waals surface area contributed by atoms with Gasteiger partial charge in [0.1, 0.15) is 23.8 Å². The molecule has 198 valence electrons. The van der Waals surface area contributed by atoms with Crippen LogP contribution in [0.4, 0.5) is 4.79 Å². The Morgan fingerprint density at radius 2 is 1.65 bits per heavy atom. The van der Waals surface area contributed by atoms with Crippen molar-refractivity contribution in [1.82, 2.24) is 5.32 Å². The molecule has 4 N–H and O–H groups in total. The van der Waals surface area contributed by atoms with Crippen molar-refractivity contribution >= 4 is 23.9 Å². The number of nitrogens with one attached hydrogen (secondary N) is 2. The fourth-order valence-electron chi connectivity index (χ4n) is 3.76. The molecule has 1 aliphatic heterocycles. The molecule has 1 heterocycles. The molecule has 0 bridgehead atoms. The molecule has 0 spiro atoms. The van der Waals surface area contributed by atoms with Gasteiger partial charge in [-0.3, -0.25) is 15.0 Å². The van der Waals surface area contributed by atoms with Crippen LogP contribution in [-0.4, -0.2) is 48.4 Å². The summed E-state index contributed by atoms with van der Waals surface area (Å²) in [4.78, 5) is 36.2. The highest BCUT2D eigenvalue weighted by Gasteiger charge is 2.35. The molecule has 3 atom stereocenters. The van der Waals surface area contributed by atoms with Gasteiger partial charge in [0.2, 0.25) is 12.2 Å². The van der Waals surface area contributed by atoms with Crippen molar-refractivity contribution in [2.75, 3.05) is 6.61 Å². The minimum absolute atomic E-state index is 0.0233. The minimum atomic E-state index is -1.14. The molecule has 2 aromatic rings. The van der Waals surface area contributed by atoms with Crippen molar-refractivity contribution in [3.05, 3.63) is 54.1 Å². The second-order valence-corrected chi connectivity index (χ2v) is 9.81. The van der Waals surface area contributed by atoms with E-state index in [4.69, 9.17) is 30.1 Å². The first-order valence-corrected chi connectivity index (χ1v) is 12.0. The van der Waals surface area contributed by atoms with E-state index in [-0.39, 0.29) is 30.8 Å². The Morgan fingerprint density at radius 1 is 1.05 bits per heavy atom. The van der Waals surface area contributed by atoms with Crippen molar-refractivity contribution in [3.8, 4) is 16.9 Å². The molecule has 1 aliphatic rings. The topological polar surface area (TPSA) is 150 Å². The molecule has 0 aliphatic carbocycles. The Morgan fingerprint density at radius 3 is 2.22 bits per heavy atom. The van der Waals surface area contributed by atoms with E-state index < -0.39 is 29.9 Å². The molecule has 0 saturated carbocycles. The fourth-order valence-corrected chi connectivity index (χ4v) is 3.76. The van der Waals surface area contributed by atoms with E-state index in [9.17, 15) is 14.4 Å². The zero-order valence-corrected chi connectivity index (χ0v) is 21.4. The number of ether oxygens (including phenoxy) is 4. The summed E-state index contributed by atoms with van der Waals surface area (Å²) in [6.07, 6.45) is -1.80. The lowest BCUT2D eigenvalue weighted by molar-refractivity contribution is -0.171. The van der Waals surface area contributed by atoms with Crippen molar-refractivity contribution in [3.63, 3.8) is 0 Å². The number of nitrogen functional groups attached to an aromatic ring is 1. The molecule has 10 nitrogen and oxygen atoms in total. The first kappa shape index (κ1) is 27.5. The highest BCUT2D eigenvalue weighted by molar-refractivity contribution is 5.95. The first-order valence-electron chi connectivity index (χ1n) is 12.0. The van der Waals surface area contributed by atoms with Gasteiger partial charge < -0.3 is 30.0 Å². The Hall–Kier alpha value is -4.08. The van der Waals surface area contributed by atoms with Gasteiger partial charge in [0.25, 0.3) is 0 Å². The number of nitrogens with two attached hydrogens (primary N) is 1. The van der Waals surface area contributed by atoms with E-state index in [1.165, 1.54) is 6.92 Å². The van der Waals surface area contributed by atoms with Gasteiger partial charge >= 0.3 is 12.1 Å². The number of esters is 1. The number of carbonyl (C=O) groups is 3. The van der Waals surface area contributed by atoms with Gasteiger partial charge in [0, 0.05) is 12.5 Å². The van der Waals surface area contributed by atoms with Crippen LogP contribution in [-0.2, 0) is 23.8 Å². The molecule has 10 heteroatoms. The summed E-state index contributed by atoms with van der Waals surface area (Å²) in [7, 11) is 0. The lowest BCUT2D eigenvalue weighted by atomic mass is 10.0. The van der Waals surface area contributed by atoms with E-state index in [1.807, 2.05) is 36.4 Å². The van der Waals surface area contributed by atoms with Gasteiger partial charge in [-0.15, -0.1) is 0 Å². The molecular formula is C27H33N3O7. The average molecular weight is 512 g/mol. The van der Waals surface area contributed by atoms with Gasteiger partial charge in [-0.2, -0.15) is 0 Å². The summed E-state index contributed by atoms with van der Waals surface area (Å²) >= 11 is 0. The molecule has 1 saturated heterocycles. The molecule has 1 amide bonds. The fraction of sp³-hybridized carbons (Fsp3) is 0.407. The summed E-state index contributed by atoms with van der Waals surface area (Å²) in [5.41, 5.74) is 7.40. The van der Waals surface area contributed by atoms with Crippen LogP contribution in [0, 0.1) is 11.3 Å². The van der Waals surface area contributed by atoms with Crippen LogP contribution in [0.15, 0.2) is 48.5 Å². The summed E-state index contributed by atoms with van der Waals surface area (Å²) in [5.74, 6) is -0.792. The second-order valence-electron chi connectivity index (χ2n) is 9.81. The third kappa shape index (κ3) is 8.52. The van der Waals surface area contributed by atoms with Crippen molar-refractivity contribution < 1.29 is 33.3 Å². The van der Waals surface area contributed by atoms with Crippen LogP contribution in [0.1, 0.15) is 46.1 Å². The van der Waals surface area contributed by atoms with Crippen LogP contribution >= 0.6 is 0 Å². The smallest absolute Gasteiger partial charge is 0.491 e. The third-order valence-electron chi connectivity index (χ3n) is 5.48. The molecule has 0 aromatic heterocycles. The molecule has 3 rings (SSSR count). The molecule has 37 heavy (non-hydrogen) atoms. The Bertz CT molecular complexity index is 1120. The normalized spacial score (nSPS) is 17.9. The lowest BCUT2D eigenvalue weighted by Crippen LogP contribution is -2.31. The molecule has 1 unspecified atom stereocenters. The van der Waals surface area contributed by atoms with Crippen LogP contribution in [0.3, 0.4) is 0 Å². The molecular weight excluding hydrogens is 478 g/mol.